The first-order valence-corrected chi connectivity index (χ1v) is 6.60. The minimum absolute atomic E-state index is 0.160. The highest BCUT2D eigenvalue weighted by Crippen LogP contribution is 2.34. The number of aliphatic hydroxyl groups excluding tert-OH is 1. The van der Waals surface area contributed by atoms with Crippen LogP contribution in [0.4, 0.5) is 5.69 Å². The number of rotatable bonds is 4. The van der Waals surface area contributed by atoms with Gasteiger partial charge in [-0.1, -0.05) is 12.1 Å². The topological polar surface area (TPSA) is 72.6 Å². The van der Waals surface area contributed by atoms with Crippen molar-refractivity contribution in [3.05, 3.63) is 63.2 Å². The molecule has 0 fully saturated rings. The van der Waals surface area contributed by atoms with Crippen LogP contribution in [0.25, 0.3) is 0 Å². The van der Waals surface area contributed by atoms with Gasteiger partial charge in [-0.3, -0.25) is 10.1 Å². The number of nitro groups is 1. The summed E-state index contributed by atoms with van der Waals surface area (Å²) in [7, 11) is 0. The van der Waals surface area contributed by atoms with E-state index in [0.29, 0.717) is 11.3 Å². The predicted octanol–water partition coefficient (Wildman–Crippen LogP) is 4.06. The molecule has 0 spiro atoms. The van der Waals surface area contributed by atoms with Gasteiger partial charge in [-0.05, 0) is 55.7 Å². The van der Waals surface area contributed by atoms with Crippen LogP contribution in [-0.4, -0.2) is 10.0 Å². The van der Waals surface area contributed by atoms with E-state index in [1.54, 1.807) is 19.1 Å². The number of aryl methyl sites for hydroxylation is 2. The van der Waals surface area contributed by atoms with Crippen molar-refractivity contribution >= 4 is 5.69 Å². The van der Waals surface area contributed by atoms with E-state index in [9.17, 15) is 15.2 Å². The average Bonchev–Trinajstić information content (AvgIpc) is 2.43. The van der Waals surface area contributed by atoms with E-state index < -0.39 is 11.0 Å². The van der Waals surface area contributed by atoms with Gasteiger partial charge in [0.05, 0.1) is 11.0 Å². The molecule has 0 radical (unpaired) electrons. The molecule has 2 aromatic rings. The van der Waals surface area contributed by atoms with E-state index in [4.69, 9.17) is 4.74 Å². The molecular weight excluding hydrogens is 270 g/mol. The van der Waals surface area contributed by atoms with Crippen molar-refractivity contribution in [3.63, 3.8) is 0 Å². The van der Waals surface area contributed by atoms with Gasteiger partial charge in [-0.25, -0.2) is 0 Å². The van der Waals surface area contributed by atoms with Crippen molar-refractivity contribution in [2.75, 3.05) is 0 Å². The quantitative estimate of drug-likeness (QED) is 0.680. The van der Waals surface area contributed by atoms with Gasteiger partial charge < -0.3 is 9.84 Å². The number of hydrogen-bond donors (Lipinski definition) is 1. The normalized spacial score (nSPS) is 12.0. The molecule has 0 bridgehead atoms. The predicted molar refractivity (Wildman–Crippen MR) is 79.7 cm³/mol. The van der Waals surface area contributed by atoms with E-state index in [2.05, 4.69) is 0 Å². The van der Waals surface area contributed by atoms with Crippen LogP contribution < -0.4 is 4.74 Å². The lowest BCUT2D eigenvalue weighted by molar-refractivity contribution is -0.385. The summed E-state index contributed by atoms with van der Waals surface area (Å²) >= 11 is 0. The Bertz CT molecular complexity index is 680. The zero-order valence-electron chi connectivity index (χ0n) is 12.2. The fourth-order valence-electron chi connectivity index (χ4n) is 1.93. The number of hydrogen-bond acceptors (Lipinski definition) is 4. The summed E-state index contributed by atoms with van der Waals surface area (Å²) in [5.74, 6) is 0.707. The molecule has 21 heavy (non-hydrogen) atoms. The number of nitro benzene ring substituents is 1. The molecule has 0 aliphatic heterocycles. The third kappa shape index (κ3) is 3.38. The molecule has 0 aromatic heterocycles. The van der Waals surface area contributed by atoms with Crippen LogP contribution in [0.1, 0.15) is 29.7 Å². The molecule has 110 valence electrons. The molecule has 0 unspecified atom stereocenters. The van der Waals surface area contributed by atoms with Gasteiger partial charge in [0.1, 0.15) is 5.75 Å². The van der Waals surface area contributed by atoms with Gasteiger partial charge in [-0.2, -0.15) is 0 Å². The van der Waals surface area contributed by atoms with Crippen molar-refractivity contribution in [1.29, 1.82) is 0 Å². The van der Waals surface area contributed by atoms with E-state index in [-0.39, 0.29) is 11.4 Å². The largest absolute Gasteiger partial charge is 0.450 e. The molecule has 5 nitrogen and oxygen atoms in total. The van der Waals surface area contributed by atoms with E-state index in [1.807, 2.05) is 26.0 Å². The molecule has 0 aliphatic carbocycles. The van der Waals surface area contributed by atoms with Crippen molar-refractivity contribution in [2.24, 2.45) is 0 Å². The number of benzene rings is 2. The summed E-state index contributed by atoms with van der Waals surface area (Å²) in [5.41, 5.74) is 2.50. The van der Waals surface area contributed by atoms with E-state index in [0.717, 1.165) is 11.1 Å². The first kappa shape index (κ1) is 15.0. The van der Waals surface area contributed by atoms with Crippen LogP contribution >= 0.6 is 0 Å². The van der Waals surface area contributed by atoms with Crippen molar-refractivity contribution in [1.82, 2.24) is 0 Å². The summed E-state index contributed by atoms with van der Waals surface area (Å²) < 4.78 is 5.62. The van der Waals surface area contributed by atoms with Crippen LogP contribution in [-0.2, 0) is 0 Å². The number of aliphatic hydroxyl groups is 1. The lowest BCUT2D eigenvalue weighted by Crippen LogP contribution is -1.97. The Morgan fingerprint density at radius 2 is 1.86 bits per heavy atom. The SMILES string of the molecule is Cc1ccc(Oc2ccc([C@H](C)O)cc2[N+](=O)[O-])cc1C. The van der Waals surface area contributed by atoms with Crippen LogP contribution in [0.15, 0.2) is 36.4 Å². The van der Waals surface area contributed by atoms with Gasteiger partial charge in [0, 0.05) is 6.07 Å². The van der Waals surface area contributed by atoms with Crippen LogP contribution in [0.3, 0.4) is 0 Å². The molecular formula is C16H17NO4. The smallest absolute Gasteiger partial charge is 0.311 e. The number of nitrogens with zero attached hydrogens (tertiary/aromatic N) is 1. The van der Waals surface area contributed by atoms with Crippen molar-refractivity contribution in [2.45, 2.75) is 26.9 Å². The van der Waals surface area contributed by atoms with Gasteiger partial charge in [-0.15, -0.1) is 0 Å². The highest BCUT2D eigenvalue weighted by Gasteiger charge is 2.18. The molecule has 0 amide bonds. The summed E-state index contributed by atoms with van der Waals surface area (Å²) in [4.78, 5) is 10.6. The third-order valence-corrected chi connectivity index (χ3v) is 3.37. The standard InChI is InChI=1S/C16H17NO4/c1-10-4-6-14(8-11(10)2)21-16-7-5-13(12(3)18)9-15(16)17(19)20/h4-9,12,18H,1-3H3/t12-/m0/s1. The Morgan fingerprint density at radius 3 is 2.43 bits per heavy atom. The highest BCUT2D eigenvalue weighted by atomic mass is 16.6. The maximum Gasteiger partial charge on any atom is 0.311 e. The molecule has 0 saturated carbocycles. The zero-order valence-corrected chi connectivity index (χ0v) is 12.2. The minimum atomic E-state index is -0.764. The fraction of sp³-hybridized carbons (Fsp3) is 0.250. The first-order chi connectivity index (χ1) is 9.88. The molecule has 0 saturated heterocycles. The number of ether oxygens (including phenoxy) is 1. The Labute approximate surface area is 123 Å². The zero-order chi connectivity index (χ0) is 15.6. The maximum absolute atomic E-state index is 11.2. The van der Waals surface area contributed by atoms with E-state index >= 15 is 0 Å². The van der Waals surface area contributed by atoms with Crippen LogP contribution in [0, 0.1) is 24.0 Å². The lowest BCUT2D eigenvalue weighted by Gasteiger charge is -2.10. The molecule has 1 atom stereocenters. The van der Waals surface area contributed by atoms with E-state index in [1.165, 1.54) is 12.1 Å². The van der Waals surface area contributed by atoms with Crippen LogP contribution in [0.5, 0.6) is 11.5 Å². The van der Waals surface area contributed by atoms with Crippen LogP contribution in [0.2, 0.25) is 0 Å². The Kier molecular flexibility index (Phi) is 4.23. The minimum Gasteiger partial charge on any atom is -0.450 e. The second-order valence-electron chi connectivity index (χ2n) is 5.01. The lowest BCUT2D eigenvalue weighted by atomic mass is 10.1. The molecule has 0 aliphatic rings. The highest BCUT2D eigenvalue weighted by molar-refractivity contribution is 5.51. The second-order valence-corrected chi connectivity index (χ2v) is 5.01. The summed E-state index contributed by atoms with van der Waals surface area (Å²) in [6, 6.07) is 9.97. The Balaban J connectivity index is 2.39. The molecule has 2 aromatic carbocycles. The fourth-order valence-corrected chi connectivity index (χ4v) is 1.93. The molecule has 1 N–H and O–H groups in total. The molecule has 2 rings (SSSR count). The van der Waals surface area contributed by atoms with Crippen molar-refractivity contribution < 1.29 is 14.8 Å². The summed E-state index contributed by atoms with van der Waals surface area (Å²) in [5, 5.41) is 20.7. The maximum atomic E-state index is 11.2. The summed E-state index contributed by atoms with van der Waals surface area (Å²) in [6.07, 6.45) is -0.764. The van der Waals surface area contributed by atoms with Gasteiger partial charge >= 0.3 is 5.69 Å². The Morgan fingerprint density at radius 1 is 1.14 bits per heavy atom. The van der Waals surface area contributed by atoms with Gasteiger partial charge in [0.2, 0.25) is 5.75 Å². The molecule has 0 heterocycles. The third-order valence-electron chi connectivity index (χ3n) is 3.37. The van der Waals surface area contributed by atoms with Gasteiger partial charge in [0.25, 0.3) is 0 Å². The Hall–Kier alpha value is -2.40. The van der Waals surface area contributed by atoms with Gasteiger partial charge in [0.15, 0.2) is 0 Å². The monoisotopic (exact) mass is 287 g/mol. The first-order valence-electron chi connectivity index (χ1n) is 6.60. The summed E-state index contributed by atoms with van der Waals surface area (Å²) in [6.45, 7) is 5.50. The average molecular weight is 287 g/mol. The van der Waals surface area contributed by atoms with Crippen molar-refractivity contribution in [3.8, 4) is 11.5 Å². The molecule has 5 heteroatoms. The second kappa shape index (κ2) is 5.93.